The monoisotopic (exact) mass is 312 g/mol. The normalized spacial score (nSPS) is 17.5. The molecule has 0 aliphatic heterocycles. The first kappa shape index (κ1) is 16.4. The first-order chi connectivity index (χ1) is 9.92. The number of rotatable bonds is 7. The Kier molecular flexibility index (Phi) is 5.03. The van der Waals surface area contributed by atoms with Gasteiger partial charge in [-0.3, -0.25) is 0 Å². The molecule has 0 spiro atoms. The molecular weight excluding hydrogens is 288 g/mol. The summed E-state index contributed by atoms with van der Waals surface area (Å²) < 4.78 is 33.0. The number of methoxy groups -OCH3 is 1. The smallest absolute Gasteiger partial charge is 0.240 e. The molecule has 0 atom stereocenters. The maximum Gasteiger partial charge on any atom is 0.240 e. The molecule has 6 heteroatoms. The van der Waals surface area contributed by atoms with Crippen LogP contribution in [0.25, 0.3) is 0 Å². The Morgan fingerprint density at radius 3 is 2.57 bits per heavy atom. The van der Waals surface area contributed by atoms with Crippen molar-refractivity contribution in [3.05, 3.63) is 29.3 Å². The number of aryl methyl sites for hydroxylation is 1. The highest BCUT2D eigenvalue weighted by Gasteiger charge is 2.38. The largest absolute Gasteiger partial charge is 0.377 e. The first-order valence-corrected chi connectivity index (χ1v) is 8.70. The summed E-state index contributed by atoms with van der Waals surface area (Å²) in [5.41, 5.74) is 1.76. The molecule has 2 rings (SSSR count). The van der Waals surface area contributed by atoms with Gasteiger partial charge in [-0.05, 0) is 56.5 Å². The van der Waals surface area contributed by atoms with Crippen molar-refractivity contribution in [2.24, 2.45) is 0 Å². The molecule has 5 nitrogen and oxygen atoms in total. The van der Waals surface area contributed by atoms with Gasteiger partial charge >= 0.3 is 0 Å². The van der Waals surface area contributed by atoms with Crippen molar-refractivity contribution >= 4 is 10.0 Å². The number of hydrogen-bond acceptors (Lipinski definition) is 4. The minimum Gasteiger partial charge on any atom is -0.377 e. The molecule has 0 unspecified atom stereocenters. The van der Waals surface area contributed by atoms with Crippen LogP contribution >= 0.6 is 0 Å². The second-order valence-electron chi connectivity index (χ2n) is 5.68. The number of hydrogen-bond donors (Lipinski definition) is 2. The Bertz CT molecular complexity index is 589. The highest BCUT2D eigenvalue weighted by molar-refractivity contribution is 7.89. The topological polar surface area (TPSA) is 67.4 Å². The van der Waals surface area contributed by atoms with Gasteiger partial charge < -0.3 is 10.1 Å². The third-order valence-corrected chi connectivity index (χ3v) is 5.68. The summed E-state index contributed by atoms with van der Waals surface area (Å²) in [6.07, 6.45) is 2.91. The number of sulfonamides is 1. The quantitative estimate of drug-likeness (QED) is 0.802. The molecule has 0 saturated heterocycles. The van der Waals surface area contributed by atoms with Crippen LogP contribution in [0, 0.1) is 6.92 Å². The predicted octanol–water partition coefficient (Wildman–Crippen LogP) is 1.56. The molecule has 2 N–H and O–H groups in total. The van der Waals surface area contributed by atoms with E-state index >= 15 is 0 Å². The molecule has 0 aromatic heterocycles. The zero-order valence-corrected chi connectivity index (χ0v) is 13.7. The summed E-state index contributed by atoms with van der Waals surface area (Å²) in [6, 6.07) is 5.22. The molecule has 0 bridgehead atoms. The zero-order valence-electron chi connectivity index (χ0n) is 12.9. The van der Waals surface area contributed by atoms with E-state index in [1.807, 2.05) is 20.0 Å². The van der Waals surface area contributed by atoms with E-state index < -0.39 is 10.0 Å². The van der Waals surface area contributed by atoms with Gasteiger partial charge in [-0.1, -0.05) is 6.07 Å². The SMILES string of the molecule is CNCc1cc(S(=O)(=O)NCC2(OC)CCC2)ccc1C. The molecule has 1 aliphatic carbocycles. The fraction of sp³-hybridized carbons (Fsp3) is 0.600. The summed E-state index contributed by atoms with van der Waals surface area (Å²) in [7, 11) is -0.00686. The van der Waals surface area contributed by atoms with Crippen LogP contribution in [0.1, 0.15) is 30.4 Å². The molecule has 1 saturated carbocycles. The summed E-state index contributed by atoms with van der Waals surface area (Å²) >= 11 is 0. The molecule has 21 heavy (non-hydrogen) atoms. The van der Waals surface area contributed by atoms with Gasteiger partial charge in [0.25, 0.3) is 0 Å². The van der Waals surface area contributed by atoms with Gasteiger partial charge in [0.2, 0.25) is 10.0 Å². The lowest BCUT2D eigenvalue weighted by atomic mass is 9.80. The summed E-state index contributed by atoms with van der Waals surface area (Å²) in [6.45, 7) is 2.96. The van der Waals surface area contributed by atoms with Gasteiger partial charge in [0.1, 0.15) is 0 Å². The highest BCUT2D eigenvalue weighted by Crippen LogP contribution is 2.34. The van der Waals surface area contributed by atoms with Crippen LogP contribution < -0.4 is 10.0 Å². The second-order valence-corrected chi connectivity index (χ2v) is 7.45. The minimum absolute atomic E-state index is 0.309. The average molecular weight is 312 g/mol. The van der Waals surface area contributed by atoms with Crippen molar-refractivity contribution in [3.63, 3.8) is 0 Å². The van der Waals surface area contributed by atoms with E-state index in [0.29, 0.717) is 18.0 Å². The zero-order chi connectivity index (χ0) is 15.5. The maximum atomic E-state index is 12.4. The molecule has 118 valence electrons. The van der Waals surface area contributed by atoms with Gasteiger partial charge in [-0.2, -0.15) is 0 Å². The Labute approximate surface area is 127 Å². The van der Waals surface area contributed by atoms with Crippen molar-refractivity contribution in [3.8, 4) is 0 Å². The summed E-state index contributed by atoms with van der Waals surface area (Å²) in [5.74, 6) is 0. The third kappa shape index (κ3) is 3.63. The number of nitrogens with one attached hydrogen (secondary N) is 2. The van der Waals surface area contributed by atoms with E-state index in [0.717, 1.165) is 30.4 Å². The van der Waals surface area contributed by atoms with Crippen LogP contribution in [0.5, 0.6) is 0 Å². The highest BCUT2D eigenvalue weighted by atomic mass is 32.2. The van der Waals surface area contributed by atoms with Gasteiger partial charge in [0, 0.05) is 20.2 Å². The molecule has 1 aromatic rings. The lowest BCUT2D eigenvalue weighted by Gasteiger charge is -2.40. The van der Waals surface area contributed by atoms with Crippen molar-refractivity contribution in [2.75, 3.05) is 20.7 Å². The lowest BCUT2D eigenvalue weighted by molar-refractivity contribution is -0.0659. The molecule has 0 amide bonds. The van der Waals surface area contributed by atoms with Crippen LogP contribution in [-0.2, 0) is 21.3 Å². The Morgan fingerprint density at radius 1 is 1.33 bits per heavy atom. The van der Waals surface area contributed by atoms with E-state index in [9.17, 15) is 8.42 Å². The fourth-order valence-electron chi connectivity index (χ4n) is 2.53. The lowest BCUT2D eigenvalue weighted by Crippen LogP contribution is -2.49. The average Bonchev–Trinajstić information content (AvgIpc) is 2.40. The third-order valence-electron chi connectivity index (χ3n) is 4.28. The van der Waals surface area contributed by atoms with Crippen molar-refractivity contribution < 1.29 is 13.2 Å². The Morgan fingerprint density at radius 2 is 2.05 bits per heavy atom. The van der Waals surface area contributed by atoms with Gasteiger partial charge in [-0.25, -0.2) is 13.1 Å². The van der Waals surface area contributed by atoms with Gasteiger partial charge in [0.05, 0.1) is 10.5 Å². The van der Waals surface area contributed by atoms with E-state index in [-0.39, 0.29) is 5.60 Å². The number of ether oxygens (including phenoxy) is 1. The van der Waals surface area contributed by atoms with E-state index in [1.54, 1.807) is 19.2 Å². The van der Waals surface area contributed by atoms with Crippen molar-refractivity contribution in [1.82, 2.24) is 10.0 Å². The molecule has 1 aliphatic rings. The van der Waals surface area contributed by atoms with Crippen LogP contribution in [0.15, 0.2) is 23.1 Å². The predicted molar refractivity (Wildman–Crippen MR) is 82.7 cm³/mol. The molecule has 1 aromatic carbocycles. The molecule has 0 heterocycles. The van der Waals surface area contributed by atoms with E-state index in [1.165, 1.54) is 0 Å². The second kappa shape index (κ2) is 6.44. The minimum atomic E-state index is -3.50. The Hall–Kier alpha value is -0.950. The van der Waals surface area contributed by atoms with Crippen LogP contribution in [0.2, 0.25) is 0 Å². The first-order valence-electron chi connectivity index (χ1n) is 7.21. The fourth-order valence-corrected chi connectivity index (χ4v) is 3.69. The van der Waals surface area contributed by atoms with E-state index in [2.05, 4.69) is 10.0 Å². The van der Waals surface area contributed by atoms with Crippen LogP contribution in [-0.4, -0.2) is 34.7 Å². The standard InChI is InChI=1S/C15H24N2O3S/c1-12-5-6-14(9-13(12)10-16-2)21(18,19)17-11-15(20-3)7-4-8-15/h5-6,9,16-17H,4,7-8,10-11H2,1-3H3. The van der Waals surface area contributed by atoms with Gasteiger partial charge in [-0.15, -0.1) is 0 Å². The van der Waals surface area contributed by atoms with Crippen LogP contribution in [0.4, 0.5) is 0 Å². The van der Waals surface area contributed by atoms with Crippen molar-refractivity contribution in [1.29, 1.82) is 0 Å². The van der Waals surface area contributed by atoms with Crippen molar-refractivity contribution in [2.45, 2.75) is 43.2 Å². The molecule has 0 radical (unpaired) electrons. The molecular formula is C15H24N2O3S. The van der Waals surface area contributed by atoms with Crippen LogP contribution in [0.3, 0.4) is 0 Å². The van der Waals surface area contributed by atoms with Gasteiger partial charge in [0.15, 0.2) is 0 Å². The Balaban J connectivity index is 2.13. The summed E-state index contributed by atoms with van der Waals surface area (Å²) in [4.78, 5) is 0.309. The molecule has 1 fully saturated rings. The maximum absolute atomic E-state index is 12.4. The number of benzene rings is 1. The van der Waals surface area contributed by atoms with E-state index in [4.69, 9.17) is 4.74 Å². The summed E-state index contributed by atoms with van der Waals surface area (Å²) in [5, 5.41) is 3.05.